The summed E-state index contributed by atoms with van der Waals surface area (Å²) in [6, 6.07) is 6.06. The molecule has 1 aromatic carbocycles. The van der Waals surface area contributed by atoms with E-state index in [0.717, 1.165) is 23.5 Å². The molecule has 0 saturated carbocycles. The molecule has 2 heterocycles. The summed E-state index contributed by atoms with van der Waals surface area (Å²) in [5, 5.41) is 7.69. The number of thiophene rings is 1. The van der Waals surface area contributed by atoms with Crippen molar-refractivity contribution in [3.63, 3.8) is 0 Å². The minimum absolute atomic E-state index is 0.0251. The average Bonchev–Trinajstić information content (AvgIpc) is 3.27. The van der Waals surface area contributed by atoms with Gasteiger partial charge in [-0.25, -0.2) is 27.3 Å². The molecular weight excluding hydrogens is 412 g/mol. The number of sulfonamides is 1. The Morgan fingerprint density at radius 1 is 1.25 bits per heavy atom. The Bertz CT molecular complexity index is 1110. The Kier molecular flexibility index (Phi) is 5.87. The molecule has 0 radical (unpaired) electrons. The van der Waals surface area contributed by atoms with E-state index in [4.69, 9.17) is 9.56 Å². The number of carbonyl (C=O) groups excluding carboxylic acids is 1. The second kappa shape index (κ2) is 8.17. The zero-order valence-electron chi connectivity index (χ0n) is 14.3. The molecule has 0 aliphatic heterocycles. The van der Waals surface area contributed by atoms with E-state index >= 15 is 0 Å². The van der Waals surface area contributed by atoms with Gasteiger partial charge in [0.15, 0.2) is 11.7 Å². The molecule has 0 aliphatic carbocycles. The number of hydrogen-bond donors (Lipinski definition) is 2. The van der Waals surface area contributed by atoms with Crippen LogP contribution in [0.2, 0.25) is 0 Å². The fourth-order valence-corrected chi connectivity index (χ4v) is 4.06. The minimum Gasteiger partial charge on any atom is -0.441 e. The number of aryl methyl sites for hydroxylation is 1. The van der Waals surface area contributed by atoms with Gasteiger partial charge in [-0.05, 0) is 24.3 Å². The quantitative estimate of drug-likeness (QED) is 0.601. The van der Waals surface area contributed by atoms with E-state index in [1.165, 1.54) is 18.3 Å². The summed E-state index contributed by atoms with van der Waals surface area (Å²) in [4.78, 5) is 16.6. The number of benzene rings is 1. The topological polar surface area (TPSA) is 115 Å². The van der Waals surface area contributed by atoms with Crippen LogP contribution in [0.25, 0.3) is 11.3 Å². The molecule has 3 N–H and O–H groups in total. The van der Waals surface area contributed by atoms with Gasteiger partial charge in [-0.3, -0.25) is 4.79 Å². The summed E-state index contributed by atoms with van der Waals surface area (Å²) >= 11 is 0.979. The second-order valence-corrected chi connectivity index (χ2v) is 8.74. The first-order valence-corrected chi connectivity index (χ1v) is 10.4. The zero-order chi connectivity index (χ0) is 20.3. The Hall–Kier alpha value is -2.63. The molecule has 0 fully saturated rings. The first-order chi connectivity index (χ1) is 13.2. The van der Waals surface area contributed by atoms with Crippen molar-refractivity contribution in [2.75, 3.05) is 0 Å². The minimum atomic E-state index is -3.76. The van der Waals surface area contributed by atoms with E-state index in [1.807, 2.05) is 0 Å². The van der Waals surface area contributed by atoms with Crippen LogP contribution < -0.4 is 10.5 Å². The third-order valence-electron chi connectivity index (χ3n) is 3.69. The Balaban J connectivity index is 1.52. The number of primary sulfonamides is 1. The lowest BCUT2D eigenvalue weighted by Gasteiger charge is -2.02. The van der Waals surface area contributed by atoms with Crippen molar-refractivity contribution in [2.45, 2.75) is 23.6 Å². The smallest absolute Gasteiger partial charge is 0.247 e. The first kappa shape index (κ1) is 20.1. The van der Waals surface area contributed by atoms with Gasteiger partial charge >= 0.3 is 0 Å². The summed E-state index contributed by atoms with van der Waals surface area (Å²) in [5.41, 5.74) is 0.0768. The lowest BCUT2D eigenvalue weighted by Crippen LogP contribution is -2.22. The molecule has 7 nitrogen and oxygen atoms in total. The van der Waals surface area contributed by atoms with Crippen LogP contribution in [0.5, 0.6) is 0 Å². The Labute approximate surface area is 163 Å². The Morgan fingerprint density at radius 2 is 2.04 bits per heavy atom. The van der Waals surface area contributed by atoms with Gasteiger partial charge in [0, 0.05) is 23.8 Å². The first-order valence-electron chi connectivity index (χ1n) is 8.01. The predicted octanol–water partition coefficient (Wildman–Crippen LogP) is 2.58. The van der Waals surface area contributed by atoms with Crippen molar-refractivity contribution in [3.8, 4) is 11.3 Å². The van der Waals surface area contributed by atoms with Crippen LogP contribution in [0.15, 0.2) is 45.2 Å². The van der Waals surface area contributed by atoms with Crippen molar-refractivity contribution in [2.24, 2.45) is 5.14 Å². The van der Waals surface area contributed by atoms with Crippen molar-refractivity contribution in [1.29, 1.82) is 0 Å². The van der Waals surface area contributed by atoms with Crippen molar-refractivity contribution in [1.82, 2.24) is 10.3 Å². The van der Waals surface area contributed by atoms with Gasteiger partial charge in [-0.1, -0.05) is 0 Å². The highest BCUT2D eigenvalue weighted by Crippen LogP contribution is 2.24. The van der Waals surface area contributed by atoms with E-state index in [2.05, 4.69) is 10.3 Å². The number of nitrogens with one attached hydrogen (secondary N) is 1. The lowest BCUT2D eigenvalue weighted by molar-refractivity contribution is -0.121. The maximum atomic E-state index is 13.8. The van der Waals surface area contributed by atoms with E-state index in [0.29, 0.717) is 4.88 Å². The molecule has 0 bridgehead atoms. The molecule has 3 aromatic rings. The summed E-state index contributed by atoms with van der Waals surface area (Å²) in [6.07, 6.45) is 1.56. The molecule has 0 spiro atoms. The summed E-state index contributed by atoms with van der Waals surface area (Å²) in [7, 11) is -3.76. The highest BCUT2D eigenvalue weighted by atomic mass is 32.2. The van der Waals surface area contributed by atoms with E-state index in [9.17, 15) is 22.0 Å². The highest BCUT2D eigenvalue weighted by Gasteiger charge is 2.14. The average molecular weight is 427 g/mol. The van der Waals surface area contributed by atoms with Crippen LogP contribution >= 0.6 is 11.3 Å². The van der Waals surface area contributed by atoms with Gasteiger partial charge in [0.2, 0.25) is 15.9 Å². The van der Waals surface area contributed by atoms with Crippen LogP contribution in [-0.2, 0) is 27.8 Å². The largest absolute Gasteiger partial charge is 0.441 e. The van der Waals surface area contributed by atoms with Crippen LogP contribution in [0, 0.1) is 11.6 Å². The van der Waals surface area contributed by atoms with E-state index in [1.54, 1.807) is 6.07 Å². The maximum Gasteiger partial charge on any atom is 0.247 e. The molecule has 0 atom stereocenters. The van der Waals surface area contributed by atoms with Gasteiger partial charge in [0.1, 0.15) is 15.8 Å². The number of nitrogens with zero attached hydrogens (tertiary/aromatic N) is 1. The van der Waals surface area contributed by atoms with Crippen LogP contribution in [0.4, 0.5) is 8.78 Å². The number of rotatable bonds is 7. The van der Waals surface area contributed by atoms with Crippen LogP contribution in [0.3, 0.4) is 0 Å². The third kappa shape index (κ3) is 5.00. The van der Waals surface area contributed by atoms with Crippen molar-refractivity contribution in [3.05, 3.63) is 58.9 Å². The number of carbonyl (C=O) groups is 1. The molecule has 0 aliphatic rings. The SMILES string of the molecule is NS(=O)(=O)c1ccc(CNC(=O)CCc2ncc(-c3ccc(F)cc3F)o2)s1. The molecule has 0 saturated heterocycles. The lowest BCUT2D eigenvalue weighted by atomic mass is 10.2. The molecule has 0 unspecified atom stereocenters. The number of halogens is 2. The van der Waals surface area contributed by atoms with Gasteiger partial charge < -0.3 is 9.73 Å². The molecule has 28 heavy (non-hydrogen) atoms. The number of hydrogen-bond acceptors (Lipinski definition) is 6. The predicted molar refractivity (Wildman–Crippen MR) is 97.7 cm³/mol. The second-order valence-electron chi connectivity index (χ2n) is 5.78. The number of oxazole rings is 1. The molecular formula is C17H15F2N3O4S2. The van der Waals surface area contributed by atoms with Gasteiger partial charge in [-0.15, -0.1) is 11.3 Å². The molecule has 148 valence electrons. The van der Waals surface area contributed by atoms with Gasteiger partial charge in [0.25, 0.3) is 0 Å². The van der Waals surface area contributed by atoms with Crippen LogP contribution in [0.1, 0.15) is 17.2 Å². The highest BCUT2D eigenvalue weighted by molar-refractivity contribution is 7.91. The zero-order valence-corrected chi connectivity index (χ0v) is 15.9. The summed E-state index contributed by atoms with van der Waals surface area (Å²) < 4.78 is 54.6. The Morgan fingerprint density at radius 3 is 2.71 bits per heavy atom. The maximum absolute atomic E-state index is 13.8. The van der Waals surface area contributed by atoms with E-state index < -0.39 is 21.7 Å². The third-order valence-corrected chi connectivity index (χ3v) is 6.22. The fourth-order valence-electron chi connectivity index (χ4n) is 2.34. The molecule has 1 amide bonds. The summed E-state index contributed by atoms with van der Waals surface area (Å²) in [6.45, 7) is 0.163. The fraction of sp³-hybridized carbons (Fsp3) is 0.176. The van der Waals surface area contributed by atoms with Gasteiger partial charge in [-0.2, -0.15) is 0 Å². The van der Waals surface area contributed by atoms with Gasteiger partial charge in [0.05, 0.1) is 18.3 Å². The van der Waals surface area contributed by atoms with E-state index in [-0.39, 0.29) is 46.7 Å². The van der Waals surface area contributed by atoms with Crippen molar-refractivity contribution < 1.29 is 26.4 Å². The molecule has 2 aromatic heterocycles. The summed E-state index contributed by atoms with van der Waals surface area (Å²) in [5.74, 6) is -1.38. The standard InChI is InChI=1S/C17H15F2N3O4S2/c18-10-1-3-12(13(19)7-10)14-9-22-16(26-14)5-4-15(23)21-8-11-2-6-17(27-11)28(20,24)25/h1-3,6-7,9H,4-5,8H2,(H,21,23)(H2,20,24,25). The molecule has 11 heteroatoms. The number of aromatic nitrogens is 1. The number of nitrogens with two attached hydrogens (primary N) is 1. The monoisotopic (exact) mass is 427 g/mol. The normalized spacial score (nSPS) is 11.5. The number of amides is 1. The van der Waals surface area contributed by atoms with Crippen LogP contribution in [-0.4, -0.2) is 19.3 Å². The molecule has 3 rings (SSSR count). The van der Waals surface area contributed by atoms with Crippen molar-refractivity contribution >= 4 is 27.3 Å².